The molecule has 8 heteroatoms. The molecule has 8 nitrogen and oxygen atoms in total. The van der Waals surface area contributed by atoms with E-state index in [0.29, 0.717) is 0 Å². The average molecular weight is 290 g/mol. The highest BCUT2D eigenvalue weighted by Gasteiger charge is 2.52. The van der Waals surface area contributed by atoms with E-state index in [0.717, 1.165) is 0 Å². The molecule has 2 fully saturated rings. The molecule has 0 amide bonds. The first-order chi connectivity index (χ1) is 9.52. The maximum atomic E-state index is 11.3. The molecule has 0 unspecified atom stereocenters. The molecular weight excluding hydrogens is 272 g/mol. The minimum atomic E-state index is -0.888. The van der Waals surface area contributed by atoms with Gasteiger partial charge in [0.05, 0.1) is 6.61 Å². The van der Waals surface area contributed by atoms with Gasteiger partial charge in [-0.05, 0) is 0 Å². The maximum Gasteiger partial charge on any atom is 0.303 e. The van der Waals surface area contributed by atoms with Crippen molar-refractivity contribution in [3.8, 4) is 0 Å². The summed E-state index contributed by atoms with van der Waals surface area (Å²) in [4.78, 5) is 22.5. The molecule has 2 saturated heterocycles. The summed E-state index contributed by atoms with van der Waals surface area (Å²) < 4.78 is 31.8. The van der Waals surface area contributed by atoms with Crippen molar-refractivity contribution >= 4 is 11.9 Å². The van der Waals surface area contributed by atoms with E-state index in [4.69, 9.17) is 28.4 Å². The Kier molecular flexibility index (Phi) is 4.92. The van der Waals surface area contributed by atoms with E-state index in [-0.39, 0.29) is 13.4 Å². The SMILES string of the molecule is CO[C@H]1O[C@@H]2COCO[C@@H]2[C@@H](OC(C)=O)[C@H]1OC(C)=O. The Morgan fingerprint density at radius 1 is 1.10 bits per heavy atom. The van der Waals surface area contributed by atoms with Gasteiger partial charge in [0.25, 0.3) is 0 Å². The van der Waals surface area contributed by atoms with Crippen molar-refractivity contribution < 1.29 is 38.0 Å². The second-order valence-corrected chi connectivity index (χ2v) is 4.55. The lowest BCUT2D eigenvalue weighted by Crippen LogP contribution is -2.63. The number of carbonyl (C=O) groups excluding carboxylic acids is 2. The zero-order valence-corrected chi connectivity index (χ0v) is 11.6. The predicted molar refractivity (Wildman–Crippen MR) is 62.5 cm³/mol. The third kappa shape index (κ3) is 3.26. The summed E-state index contributed by atoms with van der Waals surface area (Å²) >= 11 is 0. The molecule has 5 atom stereocenters. The first-order valence-electron chi connectivity index (χ1n) is 6.25. The third-order valence-electron chi connectivity index (χ3n) is 3.05. The lowest BCUT2D eigenvalue weighted by molar-refractivity contribution is -0.337. The fourth-order valence-corrected chi connectivity index (χ4v) is 2.34. The van der Waals surface area contributed by atoms with E-state index in [1.54, 1.807) is 0 Å². The molecule has 114 valence electrons. The highest BCUT2D eigenvalue weighted by Crippen LogP contribution is 2.30. The Labute approximate surface area is 116 Å². The Hall–Kier alpha value is -1.22. The smallest absolute Gasteiger partial charge is 0.303 e. The van der Waals surface area contributed by atoms with Crippen molar-refractivity contribution in [1.82, 2.24) is 0 Å². The van der Waals surface area contributed by atoms with Gasteiger partial charge in [0.1, 0.15) is 19.0 Å². The standard InChI is InChI=1S/C12H18O8/c1-6(13)18-10-9-8(4-16-5-17-9)20-12(15-3)11(10)19-7(2)14/h8-12H,4-5H2,1-3H3/t8-,9+,10-,11-,12+/m1/s1. The van der Waals surface area contributed by atoms with Crippen LogP contribution in [0, 0.1) is 0 Å². The van der Waals surface area contributed by atoms with Crippen LogP contribution in [-0.4, -0.2) is 63.2 Å². The molecule has 0 aromatic rings. The van der Waals surface area contributed by atoms with Crippen molar-refractivity contribution in [2.75, 3.05) is 20.5 Å². The first kappa shape index (κ1) is 15.2. The van der Waals surface area contributed by atoms with Gasteiger partial charge in [0.15, 0.2) is 18.5 Å². The Balaban J connectivity index is 2.22. The molecule has 2 rings (SSSR count). The maximum absolute atomic E-state index is 11.3. The van der Waals surface area contributed by atoms with Gasteiger partial charge in [0.2, 0.25) is 0 Å². The summed E-state index contributed by atoms with van der Waals surface area (Å²) in [5, 5.41) is 0. The minimum absolute atomic E-state index is 0.0622. The number of carbonyl (C=O) groups is 2. The second-order valence-electron chi connectivity index (χ2n) is 4.55. The van der Waals surface area contributed by atoms with E-state index >= 15 is 0 Å². The van der Waals surface area contributed by atoms with Crippen LogP contribution in [0.3, 0.4) is 0 Å². The first-order valence-corrected chi connectivity index (χ1v) is 6.25. The fraction of sp³-hybridized carbons (Fsp3) is 0.833. The Morgan fingerprint density at radius 3 is 2.35 bits per heavy atom. The van der Waals surface area contributed by atoms with Crippen LogP contribution in [0.15, 0.2) is 0 Å². The van der Waals surface area contributed by atoms with Crippen LogP contribution in [0.1, 0.15) is 13.8 Å². The third-order valence-corrected chi connectivity index (χ3v) is 3.05. The molecule has 20 heavy (non-hydrogen) atoms. The summed E-state index contributed by atoms with van der Waals surface area (Å²) in [6.07, 6.45) is -3.56. The number of fused-ring (bicyclic) bond motifs is 1. The highest BCUT2D eigenvalue weighted by atomic mass is 16.8. The normalized spacial score (nSPS) is 36.9. The fourth-order valence-electron chi connectivity index (χ4n) is 2.34. The summed E-state index contributed by atoms with van der Waals surface area (Å²) in [7, 11) is 1.41. The van der Waals surface area contributed by atoms with Crippen molar-refractivity contribution in [2.24, 2.45) is 0 Å². The van der Waals surface area contributed by atoms with Gasteiger partial charge in [-0.3, -0.25) is 9.59 Å². The average Bonchev–Trinajstić information content (AvgIpc) is 2.40. The number of esters is 2. The molecule has 2 heterocycles. The van der Waals surface area contributed by atoms with Crippen molar-refractivity contribution in [3.63, 3.8) is 0 Å². The molecule has 0 bridgehead atoms. The molecule has 0 N–H and O–H groups in total. The molecule has 2 aliphatic heterocycles. The van der Waals surface area contributed by atoms with E-state index in [2.05, 4.69) is 0 Å². The van der Waals surface area contributed by atoms with Crippen LogP contribution in [0.5, 0.6) is 0 Å². The number of hydrogen-bond donors (Lipinski definition) is 0. The molecule has 0 aliphatic carbocycles. The van der Waals surface area contributed by atoms with Gasteiger partial charge in [-0.1, -0.05) is 0 Å². The molecule has 0 aromatic heterocycles. The van der Waals surface area contributed by atoms with Gasteiger partial charge in [-0.25, -0.2) is 0 Å². The number of rotatable bonds is 3. The quantitative estimate of drug-likeness (QED) is 0.648. The lowest BCUT2D eigenvalue weighted by Gasteiger charge is -2.45. The summed E-state index contributed by atoms with van der Waals surface area (Å²) in [6, 6.07) is 0. The van der Waals surface area contributed by atoms with Crippen LogP contribution in [0.25, 0.3) is 0 Å². The van der Waals surface area contributed by atoms with Crippen LogP contribution in [0.2, 0.25) is 0 Å². The Bertz CT molecular complexity index is 370. The van der Waals surface area contributed by atoms with E-state index in [1.165, 1.54) is 21.0 Å². The summed E-state index contributed by atoms with van der Waals surface area (Å²) in [5.41, 5.74) is 0. The largest absolute Gasteiger partial charge is 0.455 e. The molecule has 0 saturated carbocycles. The van der Waals surface area contributed by atoms with Crippen molar-refractivity contribution in [1.29, 1.82) is 0 Å². The summed E-state index contributed by atoms with van der Waals surface area (Å²) in [6.45, 7) is 2.88. The zero-order chi connectivity index (χ0) is 14.7. The van der Waals surface area contributed by atoms with Crippen molar-refractivity contribution in [3.05, 3.63) is 0 Å². The van der Waals surface area contributed by atoms with Crippen molar-refractivity contribution in [2.45, 2.75) is 44.6 Å². The molecule has 0 aromatic carbocycles. The van der Waals surface area contributed by atoms with Gasteiger partial charge < -0.3 is 28.4 Å². The Morgan fingerprint density at radius 2 is 1.75 bits per heavy atom. The number of ether oxygens (including phenoxy) is 6. The predicted octanol–water partition coefficient (Wildman–Crippen LogP) is -0.406. The van der Waals surface area contributed by atoms with Crippen LogP contribution < -0.4 is 0 Å². The van der Waals surface area contributed by atoms with Crippen LogP contribution in [0.4, 0.5) is 0 Å². The molecule has 0 spiro atoms. The van der Waals surface area contributed by atoms with Gasteiger partial charge in [-0.15, -0.1) is 0 Å². The van der Waals surface area contributed by atoms with E-state index in [9.17, 15) is 9.59 Å². The monoisotopic (exact) mass is 290 g/mol. The number of methoxy groups -OCH3 is 1. The van der Waals surface area contributed by atoms with E-state index < -0.39 is 42.6 Å². The van der Waals surface area contributed by atoms with Gasteiger partial charge in [0, 0.05) is 21.0 Å². The van der Waals surface area contributed by atoms with Crippen LogP contribution >= 0.6 is 0 Å². The number of hydrogen-bond acceptors (Lipinski definition) is 8. The van der Waals surface area contributed by atoms with Gasteiger partial charge in [-0.2, -0.15) is 0 Å². The second kappa shape index (κ2) is 6.49. The lowest BCUT2D eigenvalue weighted by atomic mass is 9.98. The topological polar surface area (TPSA) is 89.5 Å². The zero-order valence-electron chi connectivity index (χ0n) is 11.6. The molecular formula is C12H18O8. The molecule has 2 aliphatic rings. The summed E-state index contributed by atoms with van der Waals surface area (Å²) in [5.74, 6) is -1.03. The van der Waals surface area contributed by atoms with Crippen LogP contribution in [-0.2, 0) is 38.0 Å². The van der Waals surface area contributed by atoms with E-state index in [1.807, 2.05) is 0 Å². The highest BCUT2D eigenvalue weighted by molar-refractivity contribution is 5.67. The minimum Gasteiger partial charge on any atom is -0.455 e. The molecule has 0 radical (unpaired) electrons. The van der Waals surface area contributed by atoms with Gasteiger partial charge >= 0.3 is 11.9 Å².